The van der Waals surface area contributed by atoms with Crippen LogP contribution in [-0.2, 0) is 79.5 Å². The maximum atomic E-state index is 15.4. The van der Waals surface area contributed by atoms with E-state index in [2.05, 4.69) is 26.6 Å². The third-order valence-electron chi connectivity index (χ3n) is 14.4. The standard InChI is InChI=1S/C56H69FN8O14/c1-6-19-76-21-17-45(68)64-49(30(3)4)44(67)22-33(9-8-18-59-54(58)73)51(70)61-34-12-10-32(11-13-34)27-79-55(74)60-25-35(66)16-20-77-29-46(69)62-41-15-14-36-31(5)40(57)24-42-47(36)48(41)37-26-65-43(50(37)63-42)23-39-38(52(65)71)28-78-53(72)56(39,75)7-2/h10-13,23-24,30,33,41,49,75H,6-9,14-22,25-29H2,1-5H3,(H,60,74)(H,61,70)(H,62,69)(H,64,68)(H3,58,59,73)/t33-,41+,49+,56+/m1/s1/i1T. The molecule has 4 aromatic rings. The predicted octanol–water partition coefficient (Wildman–Crippen LogP) is 4.45. The lowest BCUT2D eigenvalue weighted by atomic mass is 9.81. The van der Waals surface area contributed by atoms with E-state index in [0.29, 0.717) is 82.5 Å². The monoisotopic (exact) mass is 1100 g/mol. The van der Waals surface area contributed by atoms with Crippen LogP contribution in [0.2, 0.25) is 0 Å². The molecule has 0 fully saturated rings. The normalized spacial score (nSPS) is 16.8. The molecule has 0 unspecified atom stereocenters. The molecule has 22 nitrogen and oxygen atoms in total. The van der Waals surface area contributed by atoms with E-state index in [1.165, 1.54) is 10.6 Å². The van der Waals surface area contributed by atoms with Crippen LogP contribution in [0.15, 0.2) is 41.2 Å². The van der Waals surface area contributed by atoms with Gasteiger partial charge in [0.2, 0.25) is 17.7 Å². The van der Waals surface area contributed by atoms with Gasteiger partial charge in [0, 0.05) is 68.0 Å². The molecule has 0 spiro atoms. The lowest BCUT2D eigenvalue weighted by Crippen LogP contribution is -2.45. The lowest BCUT2D eigenvalue weighted by molar-refractivity contribution is -0.172. The number of aryl methyl sites for hydroxylation is 1. The van der Waals surface area contributed by atoms with Gasteiger partial charge < -0.3 is 60.9 Å². The first-order valence-electron chi connectivity index (χ1n) is 27.2. The van der Waals surface area contributed by atoms with Crippen LogP contribution in [0.5, 0.6) is 0 Å². The molecule has 1 aliphatic carbocycles. The highest BCUT2D eigenvalue weighted by Gasteiger charge is 2.46. The molecule has 2 aromatic heterocycles. The Balaban J connectivity index is 0.867. The molecule has 2 aromatic carbocycles. The maximum Gasteiger partial charge on any atom is 0.407 e. The number of anilines is 1. The molecule has 6 amide bonds. The van der Waals surface area contributed by atoms with Gasteiger partial charge in [-0.05, 0) is 91.8 Å². The van der Waals surface area contributed by atoms with Gasteiger partial charge in [0.05, 0.1) is 60.9 Å². The molecular formula is C56H69FN8O14. The van der Waals surface area contributed by atoms with Crippen LogP contribution < -0.4 is 37.9 Å². The van der Waals surface area contributed by atoms with E-state index in [1.54, 1.807) is 58.0 Å². The molecular weight excluding hydrogens is 1030 g/mol. The van der Waals surface area contributed by atoms with Crippen molar-refractivity contribution in [2.24, 2.45) is 17.6 Å². The van der Waals surface area contributed by atoms with Gasteiger partial charge >= 0.3 is 18.1 Å². The minimum Gasteiger partial charge on any atom is -0.458 e. The van der Waals surface area contributed by atoms with Crippen molar-refractivity contribution in [3.05, 3.63) is 91.5 Å². The number of ketones is 2. The fourth-order valence-corrected chi connectivity index (χ4v) is 10.2. The van der Waals surface area contributed by atoms with Crippen molar-refractivity contribution in [1.82, 2.24) is 30.8 Å². The quantitative estimate of drug-likeness (QED) is 0.0282. The highest BCUT2D eigenvalue weighted by atomic mass is 19.1. The van der Waals surface area contributed by atoms with Crippen LogP contribution in [0.1, 0.15) is 125 Å². The van der Waals surface area contributed by atoms with Gasteiger partial charge in [0.25, 0.3) is 5.56 Å². The minimum absolute atomic E-state index is 0.0292. The number of Topliss-reactive ketones (excluding diaryl/α,β-unsaturated/α-hetero) is 2. The molecule has 4 atom stereocenters. The summed E-state index contributed by atoms with van der Waals surface area (Å²) < 4.78 is 45.5. The third-order valence-corrected chi connectivity index (χ3v) is 14.4. The second-order valence-corrected chi connectivity index (χ2v) is 20.2. The van der Waals surface area contributed by atoms with E-state index in [9.17, 15) is 48.3 Å². The molecule has 4 heterocycles. The number of hydrogen-bond donors (Lipinski definition) is 7. The van der Waals surface area contributed by atoms with Crippen molar-refractivity contribution in [2.75, 3.05) is 44.8 Å². The Kier molecular flexibility index (Phi) is 19.2. The maximum absolute atomic E-state index is 15.4. The Morgan fingerprint density at radius 3 is 2.48 bits per heavy atom. The zero-order valence-corrected chi connectivity index (χ0v) is 44.8. The number of hydrogen-bond acceptors (Lipinski definition) is 15. The van der Waals surface area contributed by atoms with E-state index in [1.807, 2.05) is 0 Å². The first kappa shape index (κ1) is 57.5. The number of benzene rings is 2. The number of fused-ring (bicyclic) bond motifs is 5. The summed E-state index contributed by atoms with van der Waals surface area (Å²) in [7, 11) is 0. The molecule has 0 saturated heterocycles. The SMILES string of the molecule is [3H]CCCOCCC(=O)N[C@H](C(=O)C[C@@H](CCCNC(N)=O)C(=O)Nc1ccc(COC(=O)NCC(=O)CCOCC(=O)N[C@H]2CCc3c(C)c(F)cc4nc5c(c2c34)Cn2c-5cc3c(c2=O)COC(=O)[C@]3(O)CC)cc1)C(C)C. The largest absolute Gasteiger partial charge is 0.458 e. The lowest BCUT2D eigenvalue weighted by Gasteiger charge is -2.31. The van der Waals surface area contributed by atoms with Crippen molar-refractivity contribution in [1.29, 1.82) is 0 Å². The topological polar surface area (TPSA) is 315 Å². The first-order valence-corrected chi connectivity index (χ1v) is 26.5. The molecule has 79 heavy (non-hydrogen) atoms. The smallest absolute Gasteiger partial charge is 0.407 e. The number of carbonyl (C=O) groups excluding carboxylic acids is 8. The zero-order valence-electron chi connectivity index (χ0n) is 45.8. The second-order valence-electron chi connectivity index (χ2n) is 20.2. The van der Waals surface area contributed by atoms with Crippen molar-refractivity contribution >= 4 is 64.0 Å². The van der Waals surface area contributed by atoms with Gasteiger partial charge in [-0.15, -0.1) is 0 Å². The molecule has 0 bridgehead atoms. The van der Waals surface area contributed by atoms with Crippen molar-refractivity contribution < 1.29 is 68.2 Å². The highest BCUT2D eigenvalue weighted by molar-refractivity contribution is 5.98. The fraction of sp³-hybridized carbons (Fsp3) is 0.500. The van der Waals surface area contributed by atoms with Gasteiger partial charge in [-0.1, -0.05) is 39.8 Å². The summed E-state index contributed by atoms with van der Waals surface area (Å²) in [6.45, 7) is 6.39. The molecule has 7 rings (SSSR count). The van der Waals surface area contributed by atoms with E-state index in [4.69, 9.17) is 31.0 Å². The van der Waals surface area contributed by atoms with E-state index < -0.39 is 77.3 Å². The Hall–Kier alpha value is -7.63. The Labute approximate surface area is 456 Å². The Morgan fingerprint density at radius 2 is 1.76 bits per heavy atom. The Bertz CT molecular complexity index is 3100. The fourth-order valence-electron chi connectivity index (χ4n) is 10.2. The molecule has 3 aliphatic rings. The summed E-state index contributed by atoms with van der Waals surface area (Å²) in [5.74, 6) is -4.50. The van der Waals surface area contributed by atoms with Crippen molar-refractivity contribution in [2.45, 2.75) is 130 Å². The minimum atomic E-state index is -2.04. The average molecular weight is 1100 g/mol. The molecule has 0 saturated carbocycles. The predicted molar refractivity (Wildman–Crippen MR) is 285 cm³/mol. The number of alkyl carbamates (subject to hydrolysis) is 1. The number of nitrogens with zero attached hydrogens (tertiary/aromatic N) is 2. The van der Waals surface area contributed by atoms with Gasteiger partial charge in [-0.2, -0.15) is 0 Å². The van der Waals surface area contributed by atoms with Crippen molar-refractivity contribution in [3.8, 4) is 11.4 Å². The molecule has 424 valence electrons. The first-order chi connectivity index (χ1) is 38.2. The van der Waals surface area contributed by atoms with Crippen molar-refractivity contribution in [3.63, 3.8) is 0 Å². The third kappa shape index (κ3) is 14.0. The summed E-state index contributed by atoms with van der Waals surface area (Å²) in [4.78, 5) is 121. The number of amides is 6. The summed E-state index contributed by atoms with van der Waals surface area (Å²) in [6.07, 6.45) is 0.696. The summed E-state index contributed by atoms with van der Waals surface area (Å²) in [5.41, 5.74) is 7.44. The van der Waals surface area contributed by atoms with E-state index in [-0.39, 0.29) is 114 Å². The number of rotatable bonds is 27. The number of urea groups is 1. The Morgan fingerprint density at radius 1 is 1.00 bits per heavy atom. The number of carbonyl (C=O) groups is 8. The average Bonchev–Trinajstić information content (AvgIpc) is 4.04. The number of ether oxygens (including phenoxy) is 4. The van der Waals surface area contributed by atoms with Crippen LogP contribution in [-0.4, -0.2) is 108 Å². The number of nitrogens with two attached hydrogens (primary N) is 1. The van der Waals surface area contributed by atoms with Crippen LogP contribution >= 0.6 is 0 Å². The molecule has 0 radical (unpaired) electrons. The van der Waals surface area contributed by atoms with Gasteiger partial charge in [-0.25, -0.2) is 23.8 Å². The second kappa shape index (κ2) is 26.3. The number of aromatic nitrogens is 2. The van der Waals surface area contributed by atoms with Crippen LogP contribution in [0.3, 0.4) is 0 Å². The van der Waals surface area contributed by atoms with Gasteiger partial charge in [-0.3, -0.25) is 28.8 Å². The van der Waals surface area contributed by atoms with Gasteiger partial charge in [0.15, 0.2) is 17.2 Å². The number of primary amides is 1. The number of cyclic esters (lactones) is 1. The zero-order chi connectivity index (χ0) is 57.8. The number of pyridine rings is 2. The van der Waals surface area contributed by atoms with Crippen LogP contribution in [0.25, 0.3) is 22.3 Å². The molecule has 23 heteroatoms. The number of esters is 1. The number of nitrogens with one attached hydrogen (secondary N) is 5. The van der Waals surface area contributed by atoms with E-state index in [0.717, 1.165) is 5.56 Å². The van der Waals surface area contributed by atoms with Crippen LogP contribution in [0.4, 0.5) is 19.7 Å². The number of halogens is 1. The molecule has 2 aliphatic heterocycles. The summed E-state index contributed by atoms with van der Waals surface area (Å²) in [6, 6.07) is 7.10. The van der Waals surface area contributed by atoms with E-state index >= 15 is 4.39 Å². The number of aliphatic hydroxyl groups is 1. The van der Waals surface area contributed by atoms with Gasteiger partial charge in [0.1, 0.15) is 25.6 Å². The molecule has 8 N–H and O–H groups in total. The summed E-state index contributed by atoms with van der Waals surface area (Å²) in [5, 5.41) is 25.5. The summed E-state index contributed by atoms with van der Waals surface area (Å²) >= 11 is 0. The van der Waals surface area contributed by atoms with Crippen LogP contribution in [0, 0.1) is 24.6 Å². The highest BCUT2D eigenvalue weighted by Crippen LogP contribution is 2.46.